The van der Waals surface area contributed by atoms with Crippen molar-refractivity contribution in [3.63, 3.8) is 0 Å². The first-order chi connectivity index (χ1) is 7.56. The molecule has 0 aliphatic heterocycles. The highest BCUT2D eigenvalue weighted by molar-refractivity contribution is 5.99. The van der Waals surface area contributed by atoms with Crippen LogP contribution in [0.25, 0.3) is 0 Å². The average molecular weight is 224 g/mol. The summed E-state index contributed by atoms with van der Waals surface area (Å²) in [6.07, 6.45) is 4.63. The summed E-state index contributed by atoms with van der Waals surface area (Å²) in [6.45, 7) is 4.39. The Morgan fingerprint density at radius 2 is 2.12 bits per heavy atom. The van der Waals surface area contributed by atoms with Gasteiger partial charge in [0, 0.05) is 6.42 Å². The molecule has 2 rings (SSSR count). The molecule has 0 bridgehead atoms. The molecule has 2 fully saturated rings. The standard InChI is InChI=1S/C13H20O3/c1-3-16-12(15)10-8-13(5-4-11(10)14)6-9(2)7-13/h9-10H,3-8H2,1-2H3/t9?,10-,13?/m0/s1. The van der Waals surface area contributed by atoms with Gasteiger partial charge in [-0.3, -0.25) is 9.59 Å². The van der Waals surface area contributed by atoms with E-state index in [1.54, 1.807) is 6.92 Å². The van der Waals surface area contributed by atoms with Gasteiger partial charge in [0.25, 0.3) is 0 Å². The minimum atomic E-state index is -0.471. The Morgan fingerprint density at radius 1 is 1.44 bits per heavy atom. The van der Waals surface area contributed by atoms with Gasteiger partial charge in [-0.05, 0) is 43.9 Å². The number of ketones is 1. The number of carbonyl (C=O) groups excluding carboxylic acids is 2. The van der Waals surface area contributed by atoms with Crippen LogP contribution < -0.4 is 0 Å². The Hall–Kier alpha value is -0.860. The molecule has 2 aliphatic carbocycles. The minimum Gasteiger partial charge on any atom is -0.465 e. The van der Waals surface area contributed by atoms with E-state index in [1.165, 1.54) is 12.8 Å². The molecule has 0 amide bonds. The van der Waals surface area contributed by atoms with Gasteiger partial charge < -0.3 is 4.74 Å². The Morgan fingerprint density at radius 3 is 2.69 bits per heavy atom. The fourth-order valence-corrected chi connectivity index (χ4v) is 3.46. The summed E-state index contributed by atoms with van der Waals surface area (Å²) in [5.41, 5.74) is 0.282. The summed E-state index contributed by atoms with van der Waals surface area (Å²) in [4.78, 5) is 23.4. The first kappa shape index (κ1) is 11.6. The van der Waals surface area contributed by atoms with Crippen molar-refractivity contribution in [2.75, 3.05) is 6.61 Å². The topological polar surface area (TPSA) is 43.4 Å². The molecular weight excluding hydrogens is 204 g/mol. The van der Waals surface area contributed by atoms with Gasteiger partial charge in [-0.2, -0.15) is 0 Å². The van der Waals surface area contributed by atoms with Crippen LogP contribution in [0.1, 0.15) is 46.0 Å². The van der Waals surface area contributed by atoms with Crippen molar-refractivity contribution < 1.29 is 14.3 Å². The van der Waals surface area contributed by atoms with Gasteiger partial charge in [0.2, 0.25) is 0 Å². The zero-order chi connectivity index (χ0) is 11.8. The molecule has 16 heavy (non-hydrogen) atoms. The van der Waals surface area contributed by atoms with Gasteiger partial charge in [0.1, 0.15) is 11.7 Å². The molecule has 1 atom stereocenters. The number of carbonyl (C=O) groups is 2. The lowest BCUT2D eigenvalue weighted by Gasteiger charge is -2.50. The normalized spacial score (nSPS) is 38.2. The lowest BCUT2D eigenvalue weighted by atomic mass is 9.54. The number of esters is 1. The predicted octanol–water partition coefficient (Wildman–Crippen LogP) is 2.33. The SMILES string of the molecule is CCOC(=O)[C@H]1CC2(CCC1=O)CC(C)C2. The highest BCUT2D eigenvalue weighted by atomic mass is 16.5. The van der Waals surface area contributed by atoms with E-state index in [2.05, 4.69) is 6.92 Å². The Bertz CT molecular complexity index is 302. The fraction of sp³-hybridized carbons (Fsp3) is 0.846. The first-order valence-electron chi connectivity index (χ1n) is 6.26. The second kappa shape index (κ2) is 4.19. The fourth-order valence-electron chi connectivity index (χ4n) is 3.46. The van der Waals surface area contributed by atoms with E-state index in [-0.39, 0.29) is 17.2 Å². The lowest BCUT2D eigenvalue weighted by Crippen LogP contribution is -2.45. The molecule has 0 aromatic heterocycles. The van der Waals surface area contributed by atoms with E-state index in [1.807, 2.05) is 0 Å². The highest BCUT2D eigenvalue weighted by Gasteiger charge is 2.49. The predicted molar refractivity (Wildman–Crippen MR) is 59.8 cm³/mol. The number of rotatable bonds is 2. The molecule has 90 valence electrons. The van der Waals surface area contributed by atoms with Crippen LogP contribution in [0.15, 0.2) is 0 Å². The van der Waals surface area contributed by atoms with Crippen LogP contribution in [0.4, 0.5) is 0 Å². The van der Waals surface area contributed by atoms with E-state index in [4.69, 9.17) is 4.74 Å². The van der Waals surface area contributed by atoms with Crippen LogP contribution in [-0.4, -0.2) is 18.4 Å². The number of Topliss-reactive ketones (excluding diaryl/α,β-unsaturated/α-hetero) is 1. The third-order valence-electron chi connectivity index (χ3n) is 4.06. The zero-order valence-electron chi connectivity index (χ0n) is 10.1. The van der Waals surface area contributed by atoms with Crippen molar-refractivity contribution in [1.82, 2.24) is 0 Å². The maximum Gasteiger partial charge on any atom is 0.316 e. The van der Waals surface area contributed by atoms with Crippen molar-refractivity contribution in [2.45, 2.75) is 46.0 Å². The van der Waals surface area contributed by atoms with Crippen LogP contribution in [0, 0.1) is 17.3 Å². The first-order valence-corrected chi connectivity index (χ1v) is 6.26. The molecule has 3 heteroatoms. The number of hydrogen-bond donors (Lipinski definition) is 0. The zero-order valence-corrected chi connectivity index (χ0v) is 10.1. The highest BCUT2D eigenvalue weighted by Crippen LogP contribution is 2.55. The van der Waals surface area contributed by atoms with Gasteiger partial charge in [0.05, 0.1) is 6.61 Å². The van der Waals surface area contributed by atoms with Crippen LogP contribution in [0.3, 0.4) is 0 Å². The number of hydrogen-bond acceptors (Lipinski definition) is 3. The van der Waals surface area contributed by atoms with Crippen molar-refractivity contribution in [3.05, 3.63) is 0 Å². The van der Waals surface area contributed by atoms with Gasteiger partial charge in [0.15, 0.2) is 0 Å². The molecule has 0 N–H and O–H groups in total. The smallest absolute Gasteiger partial charge is 0.316 e. The summed E-state index contributed by atoms with van der Waals surface area (Å²) >= 11 is 0. The maximum atomic E-state index is 11.7. The molecule has 0 saturated heterocycles. The van der Waals surface area contributed by atoms with E-state index >= 15 is 0 Å². The minimum absolute atomic E-state index is 0.0867. The van der Waals surface area contributed by atoms with Gasteiger partial charge in [-0.1, -0.05) is 6.92 Å². The third kappa shape index (κ3) is 2.00. The molecule has 0 unspecified atom stereocenters. The average Bonchev–Trinajstić information content (AvgIpc) is 2.19. The van der Waals surface area contributed by atoms with E-state index < -0.39 is 5.92 Å². The van der Waals surface area contributed by atoms with Crippen LogP contribution in [-0.2, 0) is 14.3 Å². The molecule has 3 nitrogen and oxygen atoms in total. The maximum absolute atomic E-state index is 11.7. The van der Waals surface area contributed by atoms with Crippen molar-refractivity contribution in [3.8, 4) is 0 Å². The Labute approximate surface area is 96.5 Å². The van der Waals surface area contributed by atoms with E-state index in [9.17, 15) is 9.59 Å². The molecular formula is C13H20O3. The lowest BCUT2D eigenvalue weighted by molar-refractivity contribution is -0.157. The molecule has 0 aromatic carbocycles. The Balaban J connectivity index is 2.01. The number of ether oxygens (including phenoxy) is 1. The molecule has 1 spiro atoms. The molecule has 2 saturated carbocycles. The summed E-state index contributed by atoms with van der Waals surface area (Å²) in [5, 5.41) is 0. The summed E-state index contributed by atoms with van der Waals surface area (Å²) in [7, 11) is 0. The third-order valence-corrected chi connectivity index (χ3v) is 4.06. The van der Waals surface area contributed by atoms with E-state index in [0.29, 0.717) is 13.0 Å². The van der Waals surface area contributed by atoms with Gasteiger partial charge in [-0.15, -0.1) is 0 Å². The molecule has 0 radical (unpaired) electrons. The molecule has 2 aliphatic rings. The van der Waals surface area contributed by atoms with Crippen molar-refractivity contribution >= 4 is 11.8 Å². The van der Waals surface area contributed by atoms with Crippen molar-refractivity contribution in [2.24, 2.45) is 17.3 Å². The second-order valence-corrected chi connectivity index (χ2v) is 5.49. The molecule has 0 heterocycles. The van der Waals surface area contributed by atoms with Gasteiger partial charge in [-0.25, -0.2) is 0 Å². The summed E-state index contributed by atoms with van der Waals surface area (Å²) in [5.74, 6) is 0.0759. The molecule has 0 aromatic rings. The van der Waals surface area contributed by atoms with Crippen LogP contribution in [0.5, 0.6) is 0 Å². The Kier molecular flexibility index (Phi) is 3.04. The van der Waals surface area contributed by atoms with Gasteiger partial charge >= 0.3 is 5.97 Å². The largest absolute Gasteiger partial charge is 0.465 e. The second-order valence-electron chi connectivity index (χ2n) is 5.49. The van der Waals surface area contributed by atoms with E-state index in [0.717, 1.165) is 18.8 Å². The van der Waals surface area contributed by atoms with Crippen LogP contribution >= 0.6 is 0 Å². The van der Waals surface area contributed by atoms with Crippen LogP contribution in [0.2, 0.25) is 0 Å². The monoisotopic (exact) mass is 224 g/mol. The summed E-state index contributed by atoms with van der Waals surface area (Å²) in [6, 6.07) is 0. The van der Waals surface area contributed by atoms with Crippen molar-refractivity contribution in [1.29, 1.82) is 0 Å². The summed E-state index contributed by atoms with van der Waals surface area (Å²) < 4.78 is 4.98. The quantitative estimate of drug-likeness (QED) is 0.534.